The minimum absolute atomic E-state index is 0.139. The first-order valence-electron chi connectivity index (χ1n) is 15.2. The summed E-state index contributed by atoms with van der Waals surface area (Å²) in [7, 11) is 0. The Hall–Kier alpha value is -3.95. The Kier molecular flexibility index (Phi) is 12.2. The fraction of sp³-hybridized carbons (Fsp3) is 0.424. The topological polar surface area (TPSA) is 118 Å². The van der Waals surface area contributed by atoms with Crippen LogP contribution in [0.25, 0.3) is 10.9 Å². The van der Waals surface area contributed by atoms with Gasteiger partial charge in [0.25, 0.3) is 5.91 Å². The lowest BCUT2D eigenvalue weighted by molar-refractivity contribution is -0.123. The van der Waals surface area contributed by atoms with E-state index in [0.29, 0.717) is 38.0 Å². The molecular formula is C33H45N7O2. The van der Waals surface area contributed by atoms with E-state index in [1.165, 1.54) is 10.9 Å². The summed E-state index contributed by atoms with van der Waals surface area (Å²) < 4.78 is 0. The number of hydrogen-bond donors (Lipinski definition) is 5. The third-order valence-electron chi connectivity index (χ3n) is 7.43. The Morgan fingerprint density at radius 2 is 1.74 bits per heavy atom. The number of amides is 2. The lowest BCUT2D eigenvalue weighted by atomic mass is 10.1. The number of imidazole rings is 1. The number of hydrogen-bond acceptors (Lipinski definition) is 5. The van der Waals surface area contributed by atoms with Gasteiger partial charge in [0, 0.05) is 48.1 Å². The number of rotatable bonds is 18. The van der Waals surface area contributed by atoms with Crippen LogP contribution >= 0.6 is 0 Å². The van der Waals surface area contributed by atoms with Crippen LogP contribution in [0.1, 0.15) is 66.8 Å². The van der Waals surface area contributed by atoms with E-state index in [4.69, 9.17) is 0 Å². The van der Waals surface area contributed by atoms with Crippen molar-refractivity contribution in [1.29, 1.82) is 0 Å². The Labute approximate surface area is 248 Å². The van der Waals surface area contributed by atoms with Gasteiger partial charge < -0.3 is 30.8 Å². The Morgan fingerprint density at radius 3 is 2.48 bits per heavy atom. The normalized spacial score (nSPS) is 12.1. The van der Waals surface area contributed by atoms with Gasteiger partial charge in [0.15, 0.2) is 0 Å². The van der Waals surface area contributed by atoms with Crippen molar-refractivity contribution in [1.82, 2.24) is 35.8 Å². The number of nitrogens with zero attached hydrogens (tertiary/aromatic N) is 2. The number of para-hydroxylation sites is 1. The summed E-state index contributed by atoms with van der Waals surface area (Å²) in [5, 5.41) is 10.6. The first-order chi connectivity index (χ1) is 20.6. The highest BCUT2D eigenvalue weighted by Crippen LogP contribution is 2.17. The zero-order valence-electron chi connectivity index (χ0n) is 24.9. The molecule has 4 rings (SSSR count). The molecule has 0 radical (unpaired) electrons. The summed E-state index contributed by atoms with van der Waals surface area (Å²) in [6, 6.07) is 15.1. The van der Waals surface area contributed by atoms with Crippen molar-refractivity contribution in [2.24, 2.45) is 0 Å². The molecule has 0 unspecified atom stereocenters. The first-order valence-corrected chi connectivity index (χ1v) is 15.2. The third kappa shape index (κ3) is 9.29. The molecule has 0 fully saturated rings. The summed E-state index contributed by atoms with van der Waals surface area (Å²) >= 11 is 0. The van der Waals surface area contributed by atoms with Crippen LogP contribution in [-0.4, -0.2) is 63.9 Å². The van der Waals surface area contributed by atoms with Crippen molar-refractivity contribution in [3.63, 3.8) is 0 Å². The van der Waals surface area contributed by atoms with Crippen LogP contribution in [0.5, 0.6) is 0 Å². The molecule has 2 heterocycles. The van der Waals surface area contributed by atoms with Crippen LogP contribution < -0.4 is 16.0 Å². The van der Waals surface area contributed by atoms with E-state index in [-0.39, 0.29) is 11.8 Å². The first kappa shape index (κ1) is 31.0. The average molecular weight is 572 g/mol. The van der Waals surface area contributed by atoms with Gasteiger partial charge in [-0.15, -0.1) is 0 Å². The average Bonchev–Trinajstić information content (AvgIpc) is 3.67. The minimum Gasteiger partial charge on any atom is -0.361 e. The van der Waals surface area contributed by atoms with Crippen LogP contribution in [0.3, 0.4) is 0 Å². The van der Waals surface area contributed by atoms with Crippen molar-refractivity contribution in [3.05, 3.63) is 89.6 Å². The van der Waals surface area contributed by atoms with Gasteiger partial charge in [-0.3, -0.25) is 9.59 Å². The van der Waals surface area contributed by atoms with Crippen LogP contribution in [0.4, 0.5) is 0 Å². The molecule has 224 valence electrons. The van der Waals surface area contributed by atoms with E-state index < -0.39 is 6.04 Å². The molecule has 0 aliphatic heterocycles. The predicted molar refractivity (Wildman–Crippen MR) is 168 cm³/mol. The minimum atomic E-state index is -0.597. The van der Waals surface area contributed by atoms with Gasteiger partial charge in [0.05, 0.1) is 6.54 Å². The second-order valence-corrected chi connectivity index (χ2v) is 10.7. The summed E-state index contributed by atoms with van der Waals surface area (Å²) in [5.74, 6) is 0.504. The van der Waals surface area contributed by atoms with Crippen LogP contribution in [0.2, 0.25) is 0 Å². The molecule has 0 bridgehead atoms. The third-order valence-corrected chi connectivity index (χ3v) is 7.43. The summed E-state index contributed by atoms with van der Waals surface area (Å²) in [6.07, 6.45) is 9.87. The SMILES string of the molecule is CCCN(CCC)CCC[C@H](NC(=O)c1ccc(CNCc2ncc[nH]2)cc1)C(=O)NCCc1c[nH]c2ccccc12. The molecule has 0 saturated heterocycles. The van der Waals surface area contributed by atoms with Crippen molar-refractivity contribution < 1.29 is 9.59 Å². The summed E-state index contributed by atoms with van der Waals surface area (Å²) in [5.41, 5.74) is 3.86. The molecule has 2 aromatic carbocycles. The van der Waals surface area contributed by atoms with E-state index in [0.717, 1.165) is 55.8 Å². The lowest BCUT2D eigenvalue weighted by Gasteiger charge is -2.23. The molecule has 9 nitrogen and oxygen atoms in total. The van der Waals surface area contributed by atoms with Gasteiger partial charge in [0.1, 0.15) is 11.9 Å². The molecule has 5 N–H and O–H groups in total. The van der Waals surface area contributed by atoms with Gasteiger partial charge in [-0.1, -0.05) is 44.2 Å². The molecule has 0 saturated carbocycles. The van der Waals surface area contributed by atoms with Crippen LogP contribution in [0, 0.1) is 0 Å². The van der Waals surface area contributed by atoms with E-state index >= 15 is 0 Å². The highest BCUT2D eigenvalue weighted by Gasteiger charge is 2.21. The van der Waals surface area contributed by atoms with E-state index in [1.54, 1.807) is 12.4 Å². The number of carbonyl (C=O) groups is 2. The van der Waals surface area contributed by atoms with Crippen molar-refractivity contribution in [3.8, 4) is 0 Å². The lowest BCUT2D eigenvalue weighted by Crippen LogP contribution is -2.47. The Balaban J connectivity index is 1.33. The molecule has 2 amide bonds. The molecule has 4 aromatic rings. The molecule has 1 atom stereocenters. The van der Waals surface area contributed by atoms with Gasteiger partial charge in [0.2, 0.25) is 5.91 Å². The van der Waals surface area contributed by atoms with Gasteiger partial charge in [-0.05, 0) is 81.1 Å². The number of nitrogens with one attached hydrogen (secondary N) is 5. The number of benzene rings is 2. The number of aromatic nitrogens is 3. The van der Waals surface area contributed by atoms with Gasteiger partial charge in [-0.2, -0.15) is 0 Å². The number of aromatic amines is 2. The quantitative estimate of drug-likeness (QED) is 0.120. The smallest absolute Gasteiger partial charge is 0.251 e. The standard InChI is InChI=1S/C33H45N7O2/c1-3-19-40(20-4-2)21-7-10-30(33(42)37-16-15-27-23-38-29-9-6-5-8-28(27)29)39-32(41)26-13-11-25(12-14-26)22-34-24-31-35-17-18-36-31/h5-6,8-9,11-14,17-18,23,30,34,38H,3-4,7,10,15-16,19-22,24H2,1-2H3,(H,35,36)(H,37,42)(H,39,41)/t30-/m0/s1. The second kappa shape index (κ2) is 16.5. The van der Waals surface area contributed by atoms with Crippen LogP contribution in [0.15, 0.2) is 67.1 Å². The highest BCUT2D eigenvalue weighted by molar-refractivity contribution is 5.97. The van der Waals surface area contributed by atoms with Crippen molar-refractivity contribution in [2.45, 2.75) is 65.1 Å². The van der Waals surface area contributed by atoms with E-state index in [9.17, 15) is 9.59 Å². The molecule has 9 heteroatoms. The Morgan fingerprint density at radius 1 is 0.952 bits per heavy atom. The fourth-order valence-corrected chi connectivity index (χ4v) is 5.27. The van der Waals surface area contributed by atoms with Crippen LogP contribution in [-0.2, 0) is 24.3 Å². The molecular weight excluding hydrogens is 526 g/mol. The van der Waals surface area contributed by atoms with Gasteiger partial charge >= 0.3 is 0 Å². The maximum absolute atomic E-state index is 13.3. The molecule has 0 aliphatic rings. The number of carbonyl (C=O) groups excluding carboxylic acids is 2. The van der Waals surface area contributed by atoms with E-state index in [2.05, 4.69) is 55.7 Å². The van der Waals surface area contributed by atoms with E-state index in [1.807, 2.05) is 48.7 Å². The summed E-state index contributed by atoms with van der Waals surface area (Å²) in [6.45, 7) is 9.19. The molecule has 42 heavy (non-hydrogen) atoms. The zero-order valence-corrected chi connectivity index (χ0v) is 24.9. The largest absolute Gasteiger partial charge is 0.361 e. The second-order valence-electron chi connectivity index (χ2n) is 10.7. The monoisotopic (exact) mass is 571 g/mol. The van der Waals surface area contributed by atoms with Gasteiger partial charge in [-0.25, -0.2) is 4.98 Å². The molecule has 0 spiro atoms. The Bertz CT molecular complexity index is 1360. The maximum Gasteiger partial charge on any atom is 0.251 e. The molecule has 0 aliphatic carbocycles. The number of H-pyrrole nitrogens is 2. The highest BCUT2D eigenvalue weighted by atomic mass is 16.2. The fourth-order valence-electron chi connectivity index (χ4n) is 5.27. The summed E-state index contributed by atoms with van der Waals surface area (Å²) in [4.78, 5) is 39.6. The van der Waals surface area contributed by atoms with Crippen molar-refractivity contribution in [2.75, 3.05) is 26.2 Å². The van der Waals surface area contributed by atoms with Crippen molar-refractivity contribution >= 4 is 22.7 Å². The number of fused-ring (bicyclic) bond motifs is 1. The molecule has 2 aromatic heterocycles. The predicted octanol–water partition coefficient (Wildman–Crippen LogP) is 4.54. The zero-order chi connectivity index (χ0) is 29.6. The maximum atomic E-state index is 13.3.